The number of urea groups is 1. The van der Waals surface area contributed by atoms with Crippen molar-refractivity contribution < 1.29 is 9.59 Å². The number of piperazine rings is 1. The van der Waals surface area contributed by atoms with Crippen LogP contribution in [-0.4, -0.2) is 43.0 Å². The van der Waals surface area contributed by atoms with E-state index in [1.165, 1.54) is 0 Å². The molecule has 1 saturated heterocycles. The maximum Gasteiger partial charge on any atom is 0.321 e. The quantitative estimate of drug-likeness (QED) is 0.674. The van der Waals surface area contributed by atoms with Crippen LogP contribution < -0.4 is 21.7 Å². The van der Waals surface area contributed by atoms with Crippen molar-refractivity contribution >= 4 is 23.3 Å². The number of carbonyl (C=O) groups excluding carboxylic acids is 2. The molecule has 2 aromatic rings. The van der Waals surface area contributed by atoms with Gasteiger partial charge in [-0.1, -0.05) is 12.1 Å². The molecule has 1 fully saturated rings. The van der Waals surface area contributed by atoms with E-state index in [1.54, 1.807) is 29.2 Å². The van der Waals surface area contributed by atoms with Crippen LogP contribution in [0.25, 0.3) is 0 Å². The van der Waals surface area contributed by atoms with Gasteiger partial charge in [0.25, 0.3) is 5.91 Å². The molecular weight excluding hydrogens is 330 g/mol. The first-order chi connectivity index (χ1) is 12.7. The summed E-state index contributed by atoms with van der Waals surface area (Å²) in [5.74, 6) is -0.203. The fourth-order valence-electron chi connectivity index (χ4n) is 2.70. The lowest BCUT2D eigenvalue weighted by molar-refractivity contribution is 0.102. The molecule has 7 nitrogen and oxygen atoms in total. The second kappa shape index (κ2) is 8.46. The molecule has 136 valence electrons. The maximum absolute atomic E-state index is 12.3. The van der Waals surface area contributed by atoms with Gasteiger partial charge in [-0.3, -0.25) is 4.79 Å². The summed E-state index contributed by atoms with van der Waals surface area (Å²) in [5.41, 5.74) is 8.47. The van der Waals surface area contributed by atoms with Crippen molar-refractivity contribution in [3.8, 4) is 0 Å². The second-order valence-corrected chi connectivity index (χ2v) is 6.10. The molecule has 3 rings (SSSR count). The molecule has 2 aromatic carbocycles. The molecular formula is C19H23N5O2. The lowest BCUT2D eigenvalue weighted by Gasteiger charge is -2.27. The molecule has 3 amide bonds. The smallest absolute Gasteiger partial charge is 0.321 e. The number of nitrogens with zero attached hydrogens (tertiary/aromatic N) is 1. The molecule has 0 unspecified atom stereocenters. The summed E-state index contributed by atoms with van der Waals surface area (Å²) in [4.78, 5) is 26.3. The molecule has 1 aliphatic rings. The summed E-state index contributed by atoms with van der Waals surface area (Å²) in [7, 11) is 0. The molecule has 0 saturated carbocycles. The van der Waals surface area contributed by atoms with Gasteiger partial charge in [0, 0.05) is 49.7 Å². The third-order valence-corrected chi connectivity index (χ3v) is 4.25. The van der Waals surface area contributed by atoms with E-state index in [0.717, 1.165) is 18.7 Å². The molecule has 5 N–H and O–H groups in total. The van der Waals surface area contributed by atoms with Crippen molar-refractivity contribution in [1.82, 2.24) is 10.2 Å². The maximum atomic E-state index is 12.3. The zero-order valence-electron chi connectivity index (χ0n) is 14.5. The Kier molecular flexibility index (Phi) is 5.83. The Hall–Kier alpha value is -2.90. The molecule has 0 radical (unpaired) electrons. The predicted molar refractivity (Wildman–Crippen MR) is 102 cm³/mol. The van der Waals surface area contributed by atoms with Crippen LogP contribution >= 0.6 is 0 Å². The van der Waals surface area contributed by atoms with Crippen molar-refractivity contribution in [3.63, 3.8) is 0 Å². The Bertz CT molecular complexity index is 753. The second-order valence-electron chi connectivity index (χ2n) is 6.10. The standard InChI is InChI=1S/C19H23N5O2/c20-13-14-1-5-16(6-2-14)22-18(25)15-3-7-17(8-4-15)23-19(26)24-11-9-21-10-12-24/h1-8,21H,9-13,20H2,(H,22,25)(H,23,26). The summed E-state index contributed by atoms with van der Waals surface area (Å²) in [6.07, 6.45) is 0. The molecule has 0 aliphatic carbocycles. The van der Waals surface area contributed by atoms with Crippen molar-refractivity contribution in [2.45, 2.75) is 6.54 Å². The highest BCUT2D eigenvalue weighted by Gasteiger charge is 2.16. The van der Waals surface area contributed by atoms with Crippen molar-refractivity contribution in [3.05, 3.63) is 59.7 Å². The number of hydrogen-bond acceptors (Lipinski definition) is 4. The highest BCUT2D eigenvalue weighted by atomic mass is 16.2. The molecule has 1 aliphatic heterocycles. The van der Waals surface area contributed by atoms with Crippen molar-refractivity contribution in [1.29, 1.82) is 0 Å². The zero-order chi connectivity index (χ0) is 18.4. The van der Waals surface area contributed by atoms with E-state index >= 15 is 0 Å². The molecule has 0 aromatic heterocycles. The van der Waals surface area contributed by atoms with Gasteiger partial charge >= 0.3 is 6.03 Å². The van der Waals surface area contributed by atoms with E-state index in [4.69, 9.17) is 5.73 Å². The van der Waals surface area contributed by atoms with E-state index in [2.05, 4.69) is 16.0 Å². The van der Waals surface area contributed by atoms with Gasteiger partial charge in [0.1, 0.15) is 0 Å². The fraction of sp³-hybridized carbons (Fsp3) is 0.263. The van der Waals surface area contributed by atoms with Crippen LogP contribution in [0.15, 0.2) is 48.5 Å². The number of rotatable bonds is 4. The van der Waals surface area contributed by atoms with Crippen LogP contribution in [-0.2, 0) is 6.54 Å². The van der Waals surface area contributed by atoms with Gasteiger partial charge in [0.2, 0.25) is 0 Å². The van der Waals surface area contributed by atoms with E-state index in [1.807, 2.05) is 24.3 Å². The van der Waals surface area contributed by atoms with Crippen LogP contribution in [0.5, 0.6) is 0 Å². The SMILES string of the molecule is NCc1ccc(NC(=O)c2ccc(NC(=O)N3CCNCC3)cc2)cc1. The van der Waals surface area contributed by atoms with E-state index in [9.17, 15) is 9.59 Å². The van der Waals surface area contributed by atoms with Gasteiger partial charge in [-0.05, 0) is 42.0 Å². The van der Waals surface area contributed by atoms with Crippen LogP contribution in [0, 0.1) is 0 Å². The van der Waals surface area contributed by atoms with Gasteiger partial charge in [0.05, 0.1) is 0 Å². The monoisotopic (exact) mass is 353 g/mol. The van der Waals surface area contributed by atoms with Gasteiger partial charge in [-0.15, -0.1) is 0 Å². The summed E-state index contributed by atoms with van der Waals surface area (Å²) >= 11 is 0. The average Bonchev–Trinajstić information content (AvgIpc) is 2.69. The third kappa shape index (κ3) is 4.59. The first kappa shape index (κ1) is 17.9. The first-order valence-electron chi connectivity index (χ1n) is 8.63. The Labute approximate surface area is 152 Å². The lowest BCUT2D eigenvalue weighted by Crippen LogP contribution is -2.48. The van der Waals surface area contributed by atoms with Gasteiger partial charge < -0.3 is 26.6 Å². The Balaban J connectivity index is 1.57. The molecule has 0 spiro atoms. The van der Waals surface area contributed by atoms with Crippen molar-refractivity contribution in [2.75, 3.05) is 36.8 Å². The summed E-state index contributed by atoms with van der Waals surface area (Å²) in [5, 5.41) is 8.90. The minimum absolute atomic E-state index is 0.122. The summed E-state index contributed by atoms with van der Waals surface area (Å²) in [6.45, 7) is 3.46. The van der Waals surface area contributed by atoms with Crippen LogP contribution in [0.3, 0.4) is 0 Å². The van der Waals surface area contributed by atoms with Gasteiger partial charge in [-0.2, -0.15) is 0 Å². The zero-order valence-corrected chi connectivity index (χ0v) is 14.5. The summed E-state index contributed by atoms with van der Waals surface area (Å²) in [6, 6.07) is 14.1. The normalized spacial score (nSPS) is 14.0. The largest absolute Gasteiger partial charge is 0.326 e. The highest BCUT2D eigenvalue weighted by Crippen LogP contribution is 2.14. The minimum Gasteiger partial charge on any atom is -0.326 e. The number of hydrogen-bond donors (Lipinski definition) is 4. The number of carbonyl (C=O) groups is 2. The number of amides is 3. The van der Waals surface area contributed by atoms with Crippen LogP contribution in [0.4, 0.5) is 16.2 Å². The Morgan fingerprint density at radius 2 is 1.50 bits per heavy atom. The minimum atomic E-state index is -0.203. The number of anilines is 2. The predicted octanol–water partition coefficient (Wildman–Crippen LogP) is 1.83. The molecule has 1 heterocycles. The van der Waals surface area contributed by atoms with E-state index < -0.39 is 0 Å². The Morgan fingerprint density at radius 3 is 2.12 bits per heavy atom. The lowest BCUT2D eigenvalue weighted by atomic mass is 10.1. The third-order valence-electron chi connectivity index (χ3n) is 4.25. The fourth-order valence-corrected chi connectivity index (χ4v) is 2.70. The molecule has 0 atom stereocenters. The molecule has 26 heavy (non-hydrogen) atoms. The summed E-state index contributed by atoms with van der Waals surface area (Å²) < 4.78 is 0. The average molecular weight is 353 g/mol. The number of benzene rings is 2. The van der Waals surface area contributed by atoms with E-state index in [0.29, 0.717) is 36.6 Å². The first-order valence-corrected chi connectivity index (χ1v) is 8.63. The topological polar surface area (TPSA) is 99.5 Å². The number of nitrogens with two attached hydrogens (primary N) is 1. The molecule has 7 heteroatoms. The van der Waals surface area contributed by atoms with Crippen LogP contribution in [0.2, 0.25) is 0 Å². The van der Waals surface area contributed by atoms with Gasteiger partial charge in [-0.25, -0.2) is 4.79 Å². The van der Waals surface area contributed by atoms with Crippen LogP contribution in [0.1, 0.15) is 15.9 Å². The molecule has 0 bridgehead atoms. The van der Waals surface area contributed by atoms with E-state index in [-0.39, 0.29) is 11.9 Å². The number of nitrogens with one attached hydrogen (secondary N) is 3. The highest BCUT2D eigenvalue weighted by molar-refractivity contribution is 6.04. The van der Waals surface area contributed by atoms with Gasteiger partial charge in [0.15, 0.2) is 0 Å². The van der Waals surface area contributed by atoms with Crippen molar-refractivity contribution in [2.24, 2.45) is 5.73 Å². The Morgan fingerprint density at radius 1 is 0.923 bits per heavy atom.